The SMILES string of the molecule is Cn1cnc2c(c(-c3cc(Cl)c(O)c(C(N)=O)c3)cn2CC(=O)Nc2cc(N3CCOCC3C(F)(F)F)ncc2Cl)c1=O. The molecule has 0 spiro atoms. The van der Waals surface area contributed by atoms with Crippen molar-refractivity contribution >= 4 is 57.6 Å². The number of pyridine rings is 1. The van der Waals surface area contributed by atoms with Gasteiger partial charge in [0.05, 0.1) is 52.4 Å². The van der Waals surface area contributed by atoms with Crippen LogP contribution < -0.4 is 21.5 Å². The molecular weight excluding hydrogens is 618 g/mol. The topological polar surface area (TPSA) is 158 Å². The van der Waals surface area contributed by atoms with Crippen LogP contribution in [0.2, 0.25) is 10.0 Å². The van der Waals surface area contributed by atoms with Gasteiger partial charge in [0.1, 0.15) is 29.8 Å². The van der Waals surface area contributed by atoms with Crippen LogP contribution in [0, 0.1) is 0 Å². The summed E-state index contributed by atoms with van der Waals surface area (Å²) in [6, 6.07) is 1.89. The molecule has 1 atom stereocenters. The molecule has 1 aromatic carbocycles. The highest BCUT2D eigenvalue weighted by atomic mass is 35.5. The Hall–Kier alpha value is -4.34. The Kier molecular flexibility index (Phi) is 7.98. The quantitative estimate of drug-likeness (QED) is 0.290. The lowest BCUT2D eigenvalue weighted by Gasteiger charge is -2.37. The standard InChI is InChI=1S/C26H22Cl2F3N7O5/c1-36-11-34-24-21(25(36)42)14(12-4-13(23(32)41)22(40)15(27)5-12)8-37(24)9-20(39)35-17-6-19(33-7-16(17)28)38-2-3-43-10-18(38)26(29,30)31/h4-8,11,18,40H,2-3,9-10H2,1H3,(H2,32,41)(H,33,35,39). The molecule has 1 aliphatic rings. The van der Waals surface area contributed by atoms with E-state index in [2.05, 4.69) is 15.3 Å². The number of hydrogen-bond acceptors (Lipinski definition) is 8. The number of ether oxygens (including phenoxy) is 1. The fourth-order valence-corrected chi connectivity index (χ4v) is 5.09. The number of nitrogens with zero attached hydrogens (tertiary/aromatic N) is 5. The summed E-state index contributed by atoms with van der Waals surface area (Å²) in [6.45, 7) is -0.995. The number of hydrogen-bond donors (Lipinski definition) is 3. The molecule has 1 aliphatic heterocycles. The molecule has 1 unspecified atom stereocenters. The number of rotatable bonds is 6. The van der Waals surface area contributed by atoms with Crippen LogP contribution in [-0.2, 0) is 23.1 Å². The van der Waals surface area contributed by atoms with Gasteiger partial charge in [0.2, 0.25) is 5.91 Å². The highest BCUT2D eigenvalue weighted by Gasteiger charge is 2.46. The third-order valence-corrected chi connectivity index (χ3v) is 7.40. The van der Waals surface area contributed by atoms with Gasteiger partial charge in [-0.15, -0.1) is 0 Å². The first-order valence-corrected chi connectivity index (χ1v) is 13.3. The lowest BCUT2D eigenvalue weighted by atomic mass is 10.0. The number of aryl methyl sites for hydroxylation is 1. The van der Waals surface area contributed by atoms with Gasteiger partial charge in [0, 0.05) is 31.4 Å². The van der Waals surface area contributed by atoms with Crippen molar-refractivity contribution in [1.29, 1.82) is 0 Å². The lowest BCUT2D eigenvalue weighted by Crippen LogP contribution is -2.53. The van der Waals surface area contributed by atoms with E-state index in [0.29, 0.717) is 0 Å². The lowest BCUT2D eigenvalue weighted by molar-refractivity contribution is -0.167. The third kappa shape index (κ3) is 5.83. The van der Waals surface area contributed by atoms with Crippen LogP contribution in [0.15, 0.2) is 41.7 Å². The molecule has 4 N–H and O–H groups in total. The van der Waals surface area contributed by atoms with Crippen LogP contribution in [0.25, 0.3) is 22.2 Å². The number of alkyl halides is 3. The molecule has 0 bridgehead atoms. The van der Waals surface area contributed by atoms with Gasteiger partial charge in [-0.05, 0) is 17.7 Å². The predicted octanol–water partition coefficient (Wildman–Crippen LogP) is 3.31. The maximum absolute atomic E-state index is 13.6. The fourth-order valence-electron chi connectivity index (χ4n) is 4.72. The van der Waals surface area contributed by atoms with Crippen molar-refractivity contribution in [2.75, 3.05) is 30.0 Å². The average Bonchev–Trinajstić information content (AvgIpc) is 3.31. The summed E-state index contributed by atoms with van der Waals surface area (Å²) < 4.78 is 48.4. The summed E-state index contributed by atoms with van der Waals surface area (Å²) in [5.74, 6) is -2.19. The Bertz CT molecular complexity index is 1830. The Labute approximate surface area is 250 Å². The van der Waals surface area contributed by atoms with E-state index in [0.717, 1.165) is 11.1 Å². The summed E-state index contributed by atoms with van der Waals surface area (Å²) >= 11 is 12.3. The number of primary amides is 1. The van der Waals surface area contributed by atoms with Crippen molar-refractivity contribution in [1.82, 2.24) is 19.1 Å². The van der Waals surface area contributed by atoms with Crippen molar-refractivity contribution in [3.8, 4) is 16.9 Å². The van der Waals surface area contributed by atoms with Gasteiger partial charge in [-0.3, -0.25) is 14.4 Å². The molecule has 17 heteroatoms. The number of phenols is 1. The van der Waals surface area contributed by atoms with E-state index in [9.17, 15) is 32.7 Å². The van der Waals surface area contributed by atoms with Crippen LogP contribution in [0.3, 0.4) is 0 Å². The number of carbonyl (C=O) groups is 2. The first-order chi connectivity index (χ1) is 20.3. The summed E-state index contributed by atoms with van der Waals surface area (Å²) in [6.07, 6.45) is -0.753. The number of anilines is 2. The minimum Gasteiger partial charge on any atom is -0.506 e. The molecule has 226 valence electrons. The maximum atomic E-state index is 13.6. The van der Waals surface area contributed by atoms with Crippen molar-refractivity contribution < 1.29 is 32.6 Å². The second-order valence-electron chi connectivity index (χ2n) is 9.64. The smallest absolute Gasteiger partial charge is 0.411 e. The van der Waals surface area contributed by atoms with Gasteiger partial charge < -0.3 is 34.9 Å². The highest BCUT2D eigenvalue weighted by molar-refractivity contribution is 6.34. The number of morpholine rings is 1. The summed E-state index contributed by atoms with van der Waals surface area (Å²) in [5.41, 5.74) is 5.23. The largest absolute Gasteiger partial charge is 0.506 e. The zero-order valence-electron chi connectivity index (χ0n) is 22.2. The van der Waals surface area contributed by atoms with Crippen LogP contribution in [0.5, 0.6) is 5.75 Å². The molecule has 0 saturated carbocycles. The Morgan fingerprint density at radius 2 is 1.95 bits per heavy atom. The molecule has 5 rings (SSSR count). The number of fused-ring (bicyclic) bond motifs is 1. The maximum Gasteiger partial charge on any atom is 0.411 e. The van der Waals surface area contributed by atoms with E-state index in [1.165, 1.54) is 46.9 Å². The second-order valence-corrected chi connectivity index (χ2v) is 10.5. The summed E-state index contributed by atoms with van der Waals surface area (Å²) in [7, 11) is 1.47. The van der Waals surface area contributed by atoms with Crippen LogP contribution in [0.4, 0.5) is 24.7 Å². The second kappa shape index (κ2) is 11.4. The van der Waals surface area contributed by atoms with Gasteiger partial charge in [0.25, 0.3) is 11.5 Å². The van der Waals surface area contributed by atoms with E-state index in [4.69, 9.17) is 33.7 Å². The van der Waals surface area contributed by atoms with Gasteiger partial charge in [0.15, 0.2) is 0 Å². The number of halogens is 5. The molecular formula is C26H22Cl2F3N7O5. The minimum absolute atomic E-state index is 0.0149. The Morgan fingerprint density at radius 3 is 2.65 bits per heavy atom. The van der Waals surface area contributed by atoms with Crippen LogP contribution in [0.1, 0.15) is 10.4 Å². The number of amides is 2. The molecule has 2 amide bonds. The number of benzene rings is 1. The molecule has 43 heavy (non-hydrogen) atoms. The zero-order chi connectivity index (χ0) is 31.2. The van der Waals surface area contributed by atoms with E-state index < -0.39 is 48.5 Å². The van der Waals surface area contributed by atoms with Crippen molar-refractivity contribution in [3.63, 3.8) is 0 Å². The Balaban J connectivity index is 1.49. The number of aromatic nitrogens is 4. The highest BCUT2D eigenvalue weighted by Crippen LogP contribution is 2.36. The van der Waals surface area contributed by atoms with Gasteiger partial charge in [-0.1, -0.05) is 23.2 Å². The first kappa shape index (κ1) is 30.1. The van der Waals surface area contributed by atoms with E-state index >= 15 is 0 Å². The summed E-state index contributed by atoms with van der Waals surface area (Å²) in [4.78, 5) is 47.5. The zero-order valence-corrected chi connectivity index (χ0v) is 23.7. The van der Waals surface area contributed by atoms with E-state index in [1.807, 2.05) is 0 Å². The number of aromatic hydroxyl groups is 1. The fraction of sp³-hybridized carbons (Fsp3) is 0.269. The molecule has 4 heterocycles. The van der Waals surface area contributed by atoms with Gasteiger partial charge in [-0.25, -0.2) is 9.97 Å². The van der Waals surface area contributed by atoms with Crippen LogP contribution >= 0.6 is 23.2 Å². The van der Waals surface area contributed by atoms with Crippen molar-refractivity contribution in [2.24, 2.45) is 12.8 Å². The van der Waals surface area contributed by atoms with Gasteiger partial charge >= 0.3 is 6.18 Å². The number of nitrogens with one attached hydrogen (secondary N) is 1. The monoisotopic (exact) mass is 639 g/mol. The minimum atomic E-state index is -4.58. The normalized spacial score (nSPS) is 15.6. The van der Waals surface area contributed by atoms with Gasteiger partial charge in [-0.2, -0.15) is 13.2 Å². The molecule has 1 saturated heterocycles. The summed E-state index contributed by atoms with van der Waals surface area (Å²) in [5, 5.41) is 12.6. The predicted molar refractivity (Wildman–Crippen MR) is 151 cm³/mol. The third-order valence-electron chi connectivity index (χ3n) is 6.81. The molecule has 3 aromatic heterocycles. The van der Waals surface area contributed by atoms with Crippen molar-refractivity contribution in [3.05, 3.63) is 62.9 Å². The first-order valence-electron chi connectivity index (χ1n) is 12.5. The molecule has 1 fully saturated rings. The number of nitrogens with two attached hydrogens (primary N) is 1. The van der Waals surface area contributed by atoms with E-state index in [1.54, 1.807) is 0 Å². The molecule has 4 aromatic rings. The van der Waals surface area contributed by atoms with Crippen LogP contribution in [-0.4, -0.2) is 68.0 Å². The molecule has 0 radical (unpaired) electrons. The average molecular weight is 640 g/mol. The van der Waals surface area contributed by atoms with E-state index in [-0.39, 0.29) is 62.4 Å². The Morgan fingerprint density at radius 1 is 1.21 bits per heavy atom. The molecule has 0 aliphatic carbocycles. The number of carbonyl (C=O) groups excluding carboxylic acids is 2. The van der Waals surface area contributed by atoms with Crippen molar-refractivity contribution in [2.45, 2.75) is 18.8 Å². The molecule has 12 nitrogen and oxygen atoms in total.